The van der Waals surface area contributed by atoms with Crippen molar-refractivity contribution in [2.75, 3.05) is 32.8 Å². The van der Waals surface area contributed by atoms with E-state index in [0.717, 1.165) is 44.1 Å². The SMILES string of the molecule is CC(CCC(=O)NCCc1nc2ccc(F)cc2[nH]1)N1CCOCC1. The average Bonchev–Trinajstić information content (AvgIpc) is 3.02. The number of morpholine rings is 1. The number of amides is 1. The fourth-order valence-corrected chi connectivity index (χ4v) is 3.10. The van der Waals surface area contributed by atoms with Crippen LogP contribution in [0.4, 0.5) is 4.39 Å². The van der Waals surface area contributed by atoms with Gasteiger partial charge in [-0.15, -0.1) is 0 Å². The first-order valence-electron chi connectivity index (χ1n) is 8.84. The summed E-state index contributed by atoms with van der Waals surface area (Å²) in [7, 11) is 0. The molecule has 2 heterocycles. The van der Waals surface area contributed by atoms with Gasteiger partial charge in [-0.05, 0) is 31.5 Å². The number of hydrogen-bond acceptors (Lipinski definition) is 4. The number of nitrogens with zero attached hydrogens (tertiary/aromatic N) is 2. The smallest absolute Gasteiger partial charge is 0.220 e. The molecule has 7 heteroatoms. The minimum atomic E-state index is -0.287. The minimum absolute atomic E-state index is 0.0577. The van der Waals surface area contributed by atoms with Gasteiger partial charge in [0.25, 0.3) is 0 Å². The molecule has 3 rings (SSSR count). The van der Waals surface area contributed by atoms with Gasteiger partial charge in [-0.2, -0.15) is 0 Å². The van der Waals surface area contributed by atoms with Crippen LogP contribution in [0.15, 0.2) is 18.2 Å². The Kier molecular flexibility index (Phi) is 5.99. The molecule has 6 nitrogen and oxygen atoms in total. The van der Waals surface area contributed by atoms with E-state index in [-0.39, 0.29) is 11.7 Å². The lowest BCUT2D eigenvalue weighted by Gasteiger charge is -2.32. The number of ether oxygens (including phenoxy) is 1. The highest BCUT2D eigenvalue weighted by Gasteiger charge is 2.17. The van der Waals surface area contributed by atoms with Crippen LogP contribution >= 0.6 is 0 Å². The number of H-pyrrole nitrogens is 1. The van der Waals surface area contributed by atoms with E-state index < -0.39 is 0 Å². The Labute approximate surface area is 146 Å². The Morgan fingerprint density at radius 2 is 2.24 bits per heavy atom. The number of nitrogens with one attached hydrogen (secondary N) is 2. The molecule has 1 unspecified atom stereocenters. The molecule has 0 spiro atoms. The quantitative estimate of drug-likeness (QED) is 0.801. The van der Waals surface area contributed by atoms with E-state index in [1.54, 1.807) is 6.07 Å². The third-order valence-corrected chi connectivity index (χ3v) is 4.64. The predicted molar refractivity (Wildman–Crippen MR) is 93.9 cm³/mol. The standard InChI is InChI=1S/C18H25FN4O2/c1-13(23-8-10-25-11-9-23)2-5-18(24)20-7-6-17-21-15-4-3-14(19)12-16(15)22-17/h3-4,12-13H,2,5-11H2,1H3,(H,20,24)(H,21,22). The van der Waals surface area contributed by atoms with Crippen LogP contribution in [0.1, 0.15) is 25.6 Å². The summed E-state index contributed by atoms with van der Waals surface area (Å²) in [5.74, 6) is 0.523. The van der Waals surface area contributed by atoms with Gasteiger partial charge >= 0.3 is 0 Å². The summed E-state index contributed by atoms with van der Waals surface area (Å²) >= 11 is 0. The summed E-state index contributed by atoms with van der Waals surface area (Å²) in [6.45, 7) is 6.11. The second-order valence-corrected chi connectivity index (χ2v) is 6.48. The molecule has 0 radical (unpaired) electrons. The summed E-state index contributed by atoms with van der Waals surface area (Å²) in [6, 6.07) is 4.86. The first kappa shape index (κ1) is 17.8. The average molecular weight is 348 g/mol. The van der Waals surface area contributed by atoms with Gasteiger partial charge in [0.15, 0.2) is 0 Å². The van der Waals surface area contributed by atoms with Crippen LogP contribution < -0.4 is 5.32 Å². The van der Waals surface area contributed by atoms with Crippen molar-refractivity contribution in [1.29, 1.82) is 0 Å². The first-order valence-corrected chi connectivity index (χ1v) is 8.84. The summed E-state index contributed by atoms with van der Waals surface area (Å²) in [6.07, 6.45) is 1.96. The van der Waals surface area contributed by atoms with Crippen LogP contribution in [-0.2, 0) is 16.0 Å². The number of aromatic amines is 1. The van der Waals surface area contributed by atoms with Gasteiger partial charge in [-0.3, -0.25) is 9.69 Å². The number of aromatic nitrogens is 2. The second-order valence-electron chi connectivity index (χ2n) is 6.48. The highest BCUT2D eigenvalue weighted by atomic mass is 19.1. The van der Waals surface area contributed by atoms with Crippen molar-refractivity contribution in [3.8, 4) is 0 Å². The van der Waals surface area contributed by atoms with Gasteiger partial charge in [-0.1, -0.05) is 0 Å². The molecule has 1 atom stereocenters. The third-order valence-electron chi connectivity index (χ3n) is 4.64. The van der Waals surface area contributed by atoms with E-state index in [9.17, 15) is 9.18 Å². The molecule has 2 aromatic rings. The van der Waals surface area contributed by atoms with Gasteiger partial charge in [0, 0.05) is 38.5 Å². The largest absolute Gasteiger partial charge is 0.379 e. The van der Waals surface area contributed by atoms with Crippen LogP contribution in [-0.4, -0.2) is 59.7 Å². The van der Waals surface area contributed by atoms with Crippen LogP contribution in [0.2, 0.25) is 0 Å². The van der Waals surface area contributed by atoms with Crippen LogP contribution in [0.3, 0.4) is 0 Å². The van der Waals surface area contributed by atoms with E-state index in [1.165, 1.54) is 12.1 Å². The molecule has 1 aromatic heterocycles. The highest BCUT2D eigenvalue weighted by Crippen LogP contribution is 2.13. The molecule has 2 N–H and O–H groups in total. The molecule has 1 aliphatic heterocycles. The summed E-state index contributed by atoms with van der Waals surface area (Å²) in [5, 5.41) is 2.93. The molecule has 0 bridgehead atoms. The van der Waals surface area contributed by atoms with Crippen molar-refractivity contribution in [2.24, 2.45) is 0 Å². The van der Waals surface area contributed by atoms with Crippen molar-refractivity contribution in [3.05, 3.63) is 29.8 Å². The van der Waals surface area contributed by atoms with Crippen molar-refractivity contribution >= 4 is 16.9 Å². The van der Waals surface area contributed by atoms with Gasteiger partial charge in [0.1, 0.15) is 11.6 Å². The Hall–Kier alpha value is -1.99. The van der Waals surface area contributed by atoms with Crippen LogP contribution in [0.25, 0.3) is 11.0 Å². The predicted octanol–water partition coefficient (Wildman–Crippen LogP) is 1.86. The number of benzene rings is 1. The monoisotopic (exact) mass is 348 g/mol. The summed E-state index contributed by atoms with van der Waals surface area (Å²) < 4.78 is 18.5. The maximum absolute atomic E-state index is 13.2. The number of rotatable bonds is 7. The lowest BCUT2D eigenvalue weighted by molar-refractivity contribution is -0.121. The molecule has 25 heavy (non-hydrogen) atoms. The highest BCUT2D eigenvalue weighted by molar-refractivity contribution is 5.76. The zero-order valence-corrected chi connectivity index (χ0v) is 14.6. The Balaban J connectivity index is 1.38. The van der Waals surface area contributed by atoms with Gasteiger partial charge in [0.05, 0.1) is 24.2 Å². The number of halogens is 1. The molecule has 136 valence electrons. The lowest BCUT2D eigenvalue weighted by atomic mass is 10.1. The number of imidazole rings is 1. The Morgan fingerprint density at radius 1 is 1.44 bits per heavy atom. The minimum Gasteiger partial charge on any atom is -0.379 e. The summed E-state index contributed by atoms with van der Waals surface area (Å²) in [4.78, 5) is 21.8. The van der Waals surface area contributed by atoms with Gasteiger partial charge < -0.3 is 15.0 Å². The number of carbonyl (C=O) groups excluding carboxylic acids is 1. The number of fused-ring (bicyclic) bond motifs is 1. The zero-order chi connectivity index (χ0) is 17.6. The summed E-state index contributed by atoms with van der Waals surface area (Å²) in [5.41, 5.74) is 1.42. The van der Waals surface area contributed by atoms with Gasteiger partial charge in [0.2, 0.25) is 5.91 Å². The van der Waals surface area contributed by atoms with Gasteiger partial charge in [-0.25, -0.2) is 9.37 Å². The molecular formula is C18H25FN4O2. The second kappa shape index (κ2) is 8.40. The van der Waals surface area contributed by atoms with E-state index >= 15 is 0 Å². The zero-order valence-electron chi connectivity index (χ0n) is 14.6. The van der Waals surface area contributed by atoms with E-state index in [2.05, 4.69) is 27.1 Å². The number of hydrogen-bond donors (Lipinski definition) is 2. The fraction of sp³-hybridized carbons (Fsp3) is 0.556. The first-order chi connectivity index (χ1) is 12.1. The van der Waals surface area contributed by atoms with E-state index in [4.69, 9.17) is 4.74 Å². The molecule has 0 saturated carbocycles. The normalized spacial score (nSPS) is 16.9. The van der Waals surface area contributed by atoms with Crippen molar-refractivity contribution < 1.29 is 13.9 Å². The molecular weight excluding hydrogens is 323 g/mol. The van der Waals surface area contributed by atoms with E-state index in [1.807, 2.05) is 0 Å². The maximum atomic E-state index is 13.2. The third kappa shape index (κ3) is 4.99. The maximum Gasteiger partial charge on any atom is 0.220 e. The molecule has 1 aromatic carbocycles. The van der Waals surface area contributed by atoms with E-state index in [0.29, 0.717) is 30.9 Å². The molecule has 1 aliphatic rings. The van der Waals surface area contributed by atoms with Crippen LogP contribution in [0.5, 0.6) is 0 Å². The molecule has 1 saturated heterocycles. The molecule has 0 aliphatic carbocycles. The Bertz CT molecular complexity index is 712. The van der Waals surface area contributed by atoms with Crippen molar-refractivity contribution in [2.45, 2.75) is 32.2 Å². The fourth-order valence-electron chi connectivity index (χ4n) is 3.10. The molecule has 1 fully saturated rings. The lowest BCUT2D eigenvalue weighted by Crippen LogP contribution is -2.42. The molecule has 1 amide bonds. The number of carbonyl (C=O) groups is 1. The van der Waals surface area contributed by atoms with Crippen molar-refractivity contribution in [3.63, 3.8) is 0 Å². The van der Waals surface area contributed by atoms with Crippen molar-refractivity contribution in [1.82, 2.24) is 20.2 Å². The van der Waals surface area contributed by atoms with Crippen LogP contribution in [0, 0.1) is 5.82 Å². The topological polar surface area (TPSA) is 70.2 Å². The Morgan fingerprint density at radius 3 is 3.04 bits per heavy atom.